The molecule has 0 spiro atoms. The number of rotatable bonds is 6. The first kappa shape index (κ1) is 18.8. The number of carbonyl (C=O) groups excluding carboxylic acids is 1. The largest absolute Gasteiger partial charge is 0.378 e. The van der Waals surface area contributed by atoms with Crippen LogP contribution in [0.25, 0.3) is 0 Å². The maximum atomic E-state index is 12.3. The molecule has 0 unspecified atom stereocenters. The molecule has 0 bridgehead atoms. The Labute approximate surface area is 157 Å². The van der Waals surface area contributed by atoms with Crippen LogP contribution in [0, 0.1) is 6.92 Å². The minimum absolute atomic E-state index is 0.205. The Hall–Kier alpha value is -1.94. The average molecular weight is 396 g/mol. The van der Waals surface area contributed by atoms with Gasteiger partial charge in [0, 0.05) is 18.0 Å². The molecule has 9 heteroatoms. The number of morpholine rings is 1. The normalized spacial score (nSPS) is 15.0. The molecular formula is C17H21N3O4S2. The minimum Gasteiger partial charge on any atom is -0.378 e. The van der Waals surface area contributed by atoms with E-state index >= 15 is 0 Å². The Bertz CT molecular complexity index is 874. The fraction of sp³-hybridized carbons (Fsp3) is 0.353. The van der Waals surface area contributed by atoms with E-state index in [0.29, 0.717) is 18.9 Å². The van der Waals surface area contributed by atoms with E-state index in [-0.39, 0.29) is 10.8 Å². The summed E-state index contributed by atoms with van der Waals surface area (Å²) in [4.78, 5) is 15.3. The topological polar surface area (TPSA) is 87.7 Å². The van der Waals surface area contributed by atoms with Gasteiger partial charge in [-0.2, -0.15) is 0 Å². The highest BCUT2D eigenvalue weighted by Crippen LogP contribution is 2.26. The van der Waals surface area contributed by atoms with Gasteiger partial charge in [-0.3, -0.25) is 4.79 Å². The molecule has 2 heterocycles. The predicted octanol–water partition coefficient (Wildman–Crippen LogP) is 1.81. The van der Waals surface area contributed by atoms with Crippen LogP contribution in [0.3, 0.4) is 0 Å². The lowest BCUT2D eigenvalue weighted by Crippen LogP contribution is -2.37. The summed E-state index contributed by atoms with van der Waals surface area (Å²) in [5, 5.41) is 2.79. The van der Waals surface area contributed by atoms with E-state index in [1.54, 1.807) is 12.1 Å². The molecule has 0 radical (unpaired) electrons. The SMILES string of the molecule is Cc1ccc(S(=O)(=O)NCC(=O)Nc2ccccc2N2CCOCC2)s1. The molecule has 2 N–H and O–H groups in total. The average Bonchev–Trinajstić information content (AvgIpc) is 3.09. The molecule has 0 aliphatic carbocycles. The first-order valence-electron chi connectivity index (χ1n) is 8.23. The monoisotopic (exact) mass is 395 g/mol. The van der Waals surface area contributed by atoms with E-state index in [9.17, 15) is 13.2 Å². The minimum atomic E-state index is -3.68. The van der Waals surface area contributed by atoms with Gasteiger partial charge >= 0.3 is 0 Å². The highest BCUT2D eigenvalue weighted by Gasteiger charge is 2.19. The molecule has 1 aliphatic heterocycles. The van der Waals surface area contributed by atoms with Crippen molar-refractivity contribution in [3.63, 3.8) is 0 Å². The summed E-state index contributed by atoms with van der Waals surface area (Å²) < 4.78 is 32.3. The van der Waals surface area contributed by atoms with Gasteiger partial charge in [0.25, 0.3) is 10.0 Å². The molecule has 0 saturated carbocycles. The van der Waals surface area contributed by atoms with E-state index in [1.807, 2.05) is 25.1 Å². The van der Waals surface area contributed by atoms with Gasteiger partial charge in [0.2, 0.25) is 5.91 Å². The summed E-state index contributed by atoms with van der Waals surface area (Å²) in [6, 6.07) is 10.7. The van der Waals surface area contributed by atoms with Gasteiger partial charge in [-0.05, 0) is 31.2 Å². The Kier molecular flexibility index (Phi) is 5.92. The number of thiophene rings is 1. The number of sulfonamides is 1. The van der Waals surface area contributed by atoms with Crippen molar-refractivity contribution in [3.8, 4) is 0 Å². The van der Waals surface area contributed by atoms with E-state index in [2.05, 4.69) is 14.9 Å². The highest BCUT2D eigenvalue weighted by molar-refractivity contribution is 7.91. The Morgan fingerprint density at radius 2 is 1.92 bits per heavy atom. The number of para-hydroxylation sites is 2. The second kappa shape index (κ2) is 8.17. The van der Waals surface area contributed by atoms with E-state index < -0.39 is 15.9 Å². The molecule has 140 valence electrons. The Morgan fingerprint density at radius 1 is 1.19 bits per heavy atom. The van der Waals surface area contributed by atoms with Gasteiger partial charge in [-0.1, -0.05) is 12.1 Å². The molecule has 7 nitrogen and oxygen atoms in total. The first-order chi connectivity index (χ1) is 12.5. The van der Waals surface area contributed by atoms with Crippen molar-refractivity contribution in [2.75, 3.05) is 43.1 Å². The second-order valence-corrected chi connectivity index (χ2v) is 9.14. The fourth-order valence-corrected chi connectivity index (χ4v) is 4.95. The zero-order chi connectivity index (χ0) is 18.6. The first-order valence-corrected chi connectivity index (χ1v) is 10.5. The summed E-state index contributed by atoms with van der Waals surface area (Å²) in [6.07, 6.45) is 0. The van der Waals surface area contributed by atoms with Crippen LogP contribution in [0.4, 0.5) is 11.4 Å². The summed E-state index contributed by atoms with van der Waals surface area (Å²) in [7, 11) is -3.68. The molecule has 3 rings (SSSR count). The summed E-state index contributed by atoms with van der Waals surface area (Å²) in [5.74, 6) is -0.414. The molecule has 0 atom stereocenters. The van der Waals surface area contributed by atoms with Crippen LogP contribution in [-0.4, -0.2) is 47.2 Å². The third-order valence-electron chi connectivity index (χ3n) is 3.93. The number of aryl methyl sites for hydroxylation is 1. The number of amides is 1. The standard InChI is InChI=1S/C17H21N3O4S2/c1-13-6-7-17(25-13)26(22,23)18-12-16(21)19-14-4-2-3-5-15(14)20-8-10-24-11-9-20/h2-7,18H,8-12H2,1H3,(H,19,21). The predicted molar refractivity (Wildman–Crippen MR) is 102 cm³/mol. The van der Waals surface area contributed by atoms with Gasteiger partial charge in [0.05, 0.1) is 31.1 Å². The zero-order valence-electron chi connectivity index (χ0n) is 14.4. The number of nitrogens with zero attached hydrogens (tertiary/aromatic N) is 1. The lowest BCUT2D eigenvalue weighted by molar-refractivity contribution is -0.115. The van der Waals surface area contributed by atoms with Crippen molar-refractivity contribution in [1.82, 2.24) is 4.72 Å². The molecule has 1 aromatic carbocycles. The van der Waals surface area contributed by atoms with Gasteiger partial charge in [-0.25, -0.2) is 13.1 Å². The highest BCUT2D eigenvalue weighted by atomic mass is 32.2. The van der Waals surface area contributed by atoms with Crippen LogP contribution in [0.5, 0.6) is 0 Å². The summed E-state index contributed by atoms with van der Waals surface area (Å²) in [6.45, 7) is 4.29. The maximum absolute atomic E-state index is 12.3. The Balaban J connectivity index is 1.63. The number of hydrogen-bond acceptors (Lipinski definition) is 6. The van der Waals surface area contributed by atoms with Crippen molar-refractivity contribution in [1.29, 1.82) is 0 Å². The molecule has 1 amide bonds. The van der Waals surface area contributed by atoms with Crippen molar-refractivity contribution in [2.45, 2.75) is 11.1 Å². The van der Waals surface area contributed by atoms with Gasteiger partial charge in [0.15, 0.2) is 0 Å². The lowest BCUT2D eigenvalue weighted by atomic mass is 10.2. The van der Waals surface area contributed by atoms with E-state index in [4.69, 9.17) is 4.74 Å². The summed E-state index contributed by atoms with van der Waals surface area (Å²) >= 11 is 1.17. The number of benzene rings is 1. The number of anilines is 2. The summed E-state index contributed by atoms with van der Waals surface area (Å²) in [5.41, 5.74) is 1.56. The van der Waals surface area contributed by atoms with Crippen molar-refractivity contribution in [3.05, 3.63) is 41.3 Å². The van der Waals surface area contributed by atoms with Crippen LogP contribution < -0.4 is 14.9 Å². The quantitative estimate of drug-likeness (QED) is 0.779. The van der Waals surface area contributed by atoms with Crippen molar-refractivity contribution in [2.24, 2.45) is 0 Å². The molecule has 2 aromatic rings. The smallest absolute Gasteiger partial charge is 0.250 e. The molecule has 1 aliphatic rings. The van der Waals surface area contributed by atoms with Gasteiger partial charge in [0.1, 0.15) is 4.21 Å². The van der Waals surface area contributed by atoms with Crippen LogP contribution in [0.15, 0.2) is 40.6 Å². The second-order valence-electron chi connectivity index (χ2n) is 5.85. The van der Waals surface area contributed by atoms with Gasteiger partial charge < -0.3 is 15.0 Å². The van der Waals surface area contributed by atoms with Crippen LogP contribution in [0.1, 0.15) is 4.88 Å². The molecule has 1 saturated heterocycles. The molecule has 1 aromatic heterocycles. The molecule has 1 fully saturated rings. The molecule has 26 heavy (non-hydrogen) atoms. The number of ether oxygens (including phenoxy) is 1. The van der Waals surface area contributed by atoms with Crippen molar-refractivity contribution < 1.29 is 17.9 Å². The lowest BCUT2D eigenvalue weighted by Gasteiger charge is -2.30. The van der Waals surface area contributed by atoms with Crippen molar-refractivity contribution >= 4 is 38.6 Å². The van der Waals surface area contributed by atoms with Gasteiger partial charge in [-0.15, -0.1) is 11.3 Å². The van der Waals surface area contributed by atoms with Crippen LogP contribution in [0.2, 0.25) is 0 Å². The third-order valence-corrected chi connectivity index (χ3v) is 6.83. The van der Waals surface area contributed by atoms with Crippen LogP contribution >= 0.6 is 11.3 Å². The molecular weight excluding hydrogens is 374 g/mol. The Morgan fingerprint density at radius 3 is 2.62 bits per heavy atom. The fourth-order valence-electron chi connectivity index (χ4n) is 2.64. The zero-order valence-corrected chi connectivity index (χ0v) is 16.0. The van der Waals surface area contributed by atoms with E-state index in [0.717, 1.165) is 23.7 Å². The van der Waals surface area contributed by atoms with E-state index in [1.165, 1.54) is 17.4 Å². The van der Waals surface area contributed by atoms with Crippen LogP contribution in [-0.2, 0) is 19.6 Å². The number of hydrogen-bond donors (Lipinski definition) is 2. The third kappa shape index (κ3) is 4.61. The number of nitrogens with one attached hydrogen (secondary N) is 2. The maximum Gasteiger partial charge on any atom is 0.250 e. The number of carbonyl (C=O) groups is 1.